The highest BCUT2D eigenvalue weighted by Gasteiger charge is 2.25. The summed E-state index contributed by atoms with van der Waals surface area (Å²) in [6.45, 7) is 4.41. The van der Waals surface area contributed by atoms with Crippen LogP contribution >= 0.6 is 0 Å². The second-order valence-corrected chi connectivity index (χ2v) is 13.5. The van der Waals surface area contributed by atoms with Gasteiger partial charge in [0.1, 0.15) is 12.6 Å². The summed E-state index contributed by atoms with van der Waals surface area (Å²) >= 11 is 0. The fraction of sp³-hybridized carbons (Fsp3) is 0.683. The van der Waals surface area contributed by atoms with Crippen molar-refractivity contribution in [2.75, 3.05) is 41.0 Å². The summed E-state index contributed by atoms with van der Waals surface area (Å²) in [5, 5.41) is 11.6. The van der Waals surface area contributed by atoms with Crippen LogP contribution < -0.4 is 5.11 Å². The van der Waals surface area contributed by atoms with E-state index in [1.54, 1.807) is 21.1 Å². The average molecular weight is 688 g/mol. The first-order chi connectivity index (χ1) is 23.6. The lowest BCUT2D eigenvalue weighted by molar-refractivity contribution is -0.889. The summed E-state index contributed by atoms with van der Waals surface area (Å²) in [7, 11) is 5.37. The molecule has 8 nitrogen and oxygen atoms in total. The Morgan fingerprint density at radius 3 is 1.76 bits per heavy atom. The maximum absolute atomic E-state index is 12.6. The van der Waals surface area contributed by atoms with Crippen LogP contribution in [0.3, 0.4) is 0 Å². The molecular formula is C41H69NO7. The SMILES string of the molecule is CC/C=C/C=C/C=C/C=C/CCCCCCCC(=O)OC(COCCC(C(=O)[O-])[N+](C)(C)C)COC(=O)CCCCCC/C=C/CCCC. The number of allylic oxidation sites excluding steroid dienone is 10. The largest absolute Gasteiger partial charge is 0.544 e. The lowest BCUT2D eigenvalue weighted by Crippen LogP contribution is -2.55. The van der Waals surface area contributed by atoms with Crippen LogP contribution in [0.25, 0.3) is 0 Å². The molecule has 2 unspecified atom stereocenters. The van der Waals surface area contributed by atoms with Crippen molar-refractivity contribution in [3.8, 4) is 0 Å². The second-order valence-electron chi connectivity index (χ2n) is 13.5. The number of quaternary nitrogens is 1. The Labute approximate surface area is 298 Å². The fourth-order valence-electron chi connectivity index (χ4n) is 5.00. The van der Waals surface area contributed by atoms with Gasteiger partial charge in [-0.3, -0.25) is 9.59 Å². The lowest BCUT2D eigenvalue weighted by atomic mass is 10.1. The summed E-state index contributed by atoms with van der Waals surface area (Å²) in [5.41, 5.74) is 0. The molecule has 0 rings (SSSR count). The number of carbonyl (C=O) groups is 3. The third-order valence-corrected chi connectivity index (χ3v) is 7.98. The third kappa shape index (κ3) is 30.8. The predicted octanol–water partition coefficient (Wildman–Crippen LogP) is 8.13. The Balaban J connectivity index is 4.50. The number of ether oxygens (including phenoxy) is 3. The molecule has 0 saturated carbocycles. The zero-order valence-electron chi connectivity index (χ0n) is 31.6. The molecular weight excluding hydrogens is 618 g/mol. The number of nitrogens with zero attached hydrogens (tertiary/aromatic N) is 1. The molecule has 0 aliphatic rings. The molecule has 0 heterocycles. The Hall–Kier alpha value is -2.97. The van der Waals surface area contributed by atoms with Crippen LogP contribution in [0.4, 0.5) is 0 Å². The zero-order chi connectivity index (χ0) is 36.4. The highest BCUT2D eigenvalue weighted by Crippen LogP contribution is 2.12. The van der Waals surface area contributed by atoms with Crippen molar-refractivity contribution < 1.29 is 38.2 Å². The summed E-state index contributed by atoms with van der Waals surface area (Å²) < 4.78 is 17.0. The maximum atomic E-state index is 12.6. The van der Waals surface area contributed by atoms with Crippen molar-refractivity contribution >= 4 is 17.9 Å². The van der Waals surface area contributed by atoms with E-state index in [2.05, 4.69) is 44.2 Å². The first-order valence-electron chi connectivity index (χ1n) is 18.9. The van der Waals surface area contributed by atoms with E-state index in [1.807, 2.05) is 30.4 Å². The molecule has 0 spiro atoms. The Kier molecular flexibility index (Phi) is 30.3. The Bertz CT molecular complexity index is 990. The van der Waals surface area contributed by atoms with Gasteiger partial charge in [0, 0.05) is 19.3 Å². The van der Waals surface area contributed by atoms with Gasteiger partial charge in [-0.25, -0.2) is 0 Å². The molecule has 0 aromatic carbocycles. The van der Waals surface area contributed by atoms with Crippen molar-refractivity contribution in [2.24, 2.45) is 0 Å². The van der Waals surface area contributed by atoms with Crippen molar-refractivity contribution in [1.29, 1.82) is 0 Å². The normalized spacial score (nSPS) is 13.7. The van der Waals surface area contributed by atoms with Gasteiger partial charge in [-0.05, 0) is 51.4 Å². The number of likely N-dealkylation sites (N-methyl/N-ethyl adjacent to an activating group) is 1. The molecule has 0 radical (unpaired) electrons. The van der Waals surface area contributed by atoms with Crippen molar-refractivity contribution in [3.05, 3.63) is 60.8 Å². The van der Waals surface area contributed by atoms with Gasteiger partial charge in [-0.2, -0.15) is 0 Å². The molecule has 0 saturated heterocycles. The summed E-state index contributed by atoms with van der Waals surface area (Å²) in [5.74, 6) is -1.80. The number of carbonyl (C=O) groups excluding carboxylic acids is 3. The van der Waals surface area contributed by atoms with E-state index in [0.29, 0.717) is 6.42 Å². The molecule has 49 heavy (non-hydrogen) atoms. The minimum Gasteiger partial charge on any atom is -0.544 e. The third-order valence-electron chi connectivity index (χ3n) is 7.98. The molecule has 0 aliphatic carbocycles. The molecule has 0 fully saturated rings. The van der Waals surface area contributed by atoms with Gasteiger partial charge in [-0.1, -0.05) is 120 Å². The first-order valence-corrected chi connectivity index (χ1v) is 18.9. The van der Waals surface area contributed by atoms with Crippen LogP contribution in [-0.2, 0) is 28.6 Å². The number of aliphatic carboxylic acids is 1. The number of carboxylic acids is 1. The molecule has 0 aromatic rings. The predicted molar refractivity (Wildman–Crippen MR) is 199 cm³/mol. The number of hydrogen-bond donors (Lipinski definition) is 0. The van der Waals surface area contributed by atoms with Crippen LogP contribution in [0.5, 0.6) is 0 Å². The van der Waals surface area contributed by atoms with Crippen LogP contribution in [0.15, 0.2) is 60.8 Å². The van der Waals surface area contributed by atoms with E-state index >= 15 is 0 Å². The molecule has 0 N–H and O–H groups in total. The van der Waals surface area contributed by atoms with E-state index in [0.717, 1.165) is 83.5 Å². The van der Waals surface area contributed by atoms with Gasteiger partial charge in [-0.15, -0.1) is 0 Å². The van der Waals surface area contributed by atoms with Crippen molar-refractivity contribution in [3.63, 3.8) is 0 Å². The molecule has 8 heteroatoms. The minimum atomic E-state index is -1.13. The fourth-order valence-corrected chi connectivity index (χ4v) is 5.00. The minimum absolute atomic E-state index is 0.0244. The van der Waals surface area contributed by atoms with Crippen LogP contribution in [0.1, 0.15) is 129 Å². The highest BCUT2D eigenvalue weighted by molar-refractivity contribution is 5.70. The Morgan fingerprint density at radius 2 is 1.16 bits per heavy atom. The van der Waals surface area contributed by atoms with Gasteiger partial charge < -0.3 is 28.6 Å². The molecule has 0 aromatic heterocycles. The number of carboxylic acid groups (broad SMARTS) is 1. The van der Waals surface area contributed by atoms with Crippen molar-refractivity contribution in [1.82, 2.24) is 0 Å². The van der Waals surface area contributed by atoms with Gasteiger partial charge >= 0.3 is 11.9 Å². The van der Waals surface area contributed by atoms with E-state index in [9.17, 15) is 19.5 Å². The maximum Gasteiger partial charge on any atom is 0.306 e. The van der Waals surface area contributed by atoms with Crippen LogP contribution in [0.2, 0.25) is 0 Å². The van der Waals surface area contributed by atoms with Crippen LogP contribution in [-0.4, -0.2) is 75.5 Å². The Morgan fingerprint density at radius 1 is 0.633 bits per heavy atom. The molecule has 0 amide bonds. The second kappa shape index (κ2) is 32.2. The average Bonchev–Trinajstić information content (AvgIpc) is 3.05. The summed E-state index contributed by atoms with van der Waals surface area (Å²) in [6.07, 6.45) is 36.7. The highest BCUT2D eigenvalue weighted by atomic mass is 16.6. The molecule has 280 valence electrons. The number of rotatable bonds is 32. The molecule has 2 atom stereocenters. The number of esters is 2. The first kappa shape index (κ1) is 46.0. The zero-order valence-corrected chi connectivity index (χ0v) is 31.6. The van der Waals surface area contributed by atoms with Gasteiger partial charge in [0.25, 0.3) is 0 Å². The topological polar surface area (TPSA) is 102 Å². The summed E-state index contributed by atoms with van der Waals surface area (Å²) in [4.78, 5) is 36.6. The summed E-state index contributed by atoms with van der Waals surface area (Å²) in [6, 6.07) is -0.732. The van der Waals surface area contributed by atoms with E-state index < -0.39 is 18.1 Å². The van der Waals surface area contributed by atoms with Gasteiger partial charge in [0.15, 0.2) is 6.10 Å². The van der Waals surface area contributed by atoms with E-state index in [1.165, 1.54) is 12.8 Å². The van der Waals surface area contributed by atoms with Crippen LogP contribution in [0, 0.1) is 0 Å². The quantitative estimate of drug-likeness (QED) is 0.0231. The van der Waals surface area contributed by atoms with Gasteiger partial charge in [0.2, 0.25) is 0 Å². The van der Waals surface area contributed by atoms with Crippen molar-refractivity contribution in [2.45, 2.75) is 142 Å². The lowest BCUT2D eigenvalue weighted by Gasteiger charge is -2.34. The monoisotopic (exact) mass is 688 g/mol. The standard InChI is InChI=1S/C41H69NO7/c1-6-8-10-12-14-16-18-19-20-21-22-24-26-28-30-32-40(44)49-37(35-47-34-33-38(41(45)46)42(3,4)5)36-48-39(43)31-29-27-25-23-17-15-13-11-9-7-2/h8,10,12-16,18-20,37-38H,6-7,9,11,17,21-36H2,1-5H3/b10-8+,14-12+,15-13+,18-16+,20-19+. The number of unbranched alkanes of at least 4 members (excludes halogenated alkanes) is 11. The molecule has 0 aliphatic heterocycles. The smallest absolute Gasteiger partial charge is 0.306 e. The number of hydrogen-bond acceptors (Lipinski definition) is 7. The molecule has 0 bridgehead atoms. The van der Waals surface area contributed by atoms with E-state index in [4.69, 9.17) is 14.2 Å². The van der Waals surface area contributed by atoms with E-state index in [-0.39, 0.29) is 49.1 Å². The van der Waals surface area contributed by atoms with Gasteiger partial charge in [0.05, 0.1) is 40.3 Å².